The summed E-state index contributed by atoms with van der Waals surface area (Å²) in [7, 11) is 4.51. The number of carbonyl (C=O) groups excluding carboxylic acids is 3. The van der Waals surface area contributed by atoms with Gasteiger partial charge in [-0.15, -0.1) is 0 Å². The molecule has 0 bridgehead atoms. The molecule has 1 N–H and O–H groups in total. The zero-order valence-corrected chi connectivity index (χ0v) is 20.7. The zero-order chi connectivity index (χ0) is 24.8. The van der Waals surface area contributed by atoms with E-state index in [0.29, 0.717) is 34.3 Å². The number of hydrogen-bond acceptors (Lipinski definition) is 7. The first-order valence-electron chi connectivity index (χ1n) is 10.7. The summed E-state index contributed by atoms with van der Waals surface area (Å²) in [6.07, 6.45) is 1.60. The quantitative estimate of drug-likeness (QED) is 0.530. The molecule has 180 valence electrons. The topological polar surface area (TPSA) is 94.2 Å². The van der Waals surface area contributed by atoms with Gasteiger partial charge < -0.3 is 19.5 Å². The Hall–Kier alpha value is -3.46. The lowest BCUT2D eigenvalue weighted by atomic mass is 10.0. The third kappa shape index (κ3) is 5.53. The van der Waals surface area contributed by atoms with Gasteiger partial charge in [0.05, 0.1) is 26.2 Å². The number of carbonyl (C=O) groups is 3. The predicted molar refractivity (Wildman–Crippen MR) is 132 cm³/mol. The molecule has 2 aromatic rings. The van der Waals surface area contributed by atoms with Gasteiger partial charge in [0, 0.05) is 18.7 Å². The van der Waals surface area contributed by atoms with Crippen molar-refractivity contribution in [2.24, 2.45) is 0 Å². The van der Waals surface area contributed by atoms with Gasteiger partial charge in [0.2, 0.25) is 5.75 Å². The molecule has 8 nitrogen and oxygen atoms in total. The van der Waals surface area contributed by atoms with E-state index in [4.69, 9.17) is 14.2 Å². The van der Waals surface area contributed by atoms with E-state index >= 15 is 0 Å². The lowest BCUT2D eigenvalue weighted by Gasteiger charge is -2.14. The molecule has 0 unspecified atom stereocenters. The summed E-state index contributed by atoms with van der Waals surface area (Å²) in [6.45, 7) is 4.40. The molecule has 1 fully saturated rings. The van der Waals surface area contributed by atoms with Crippen LogP contribution in [-0.4, -0.2) is 56.4 Å². The number of methoxy groups -OCH3 is 3. The molecular formula is C25H28N2O6S. The summed E-state index contributed by atoms with van der Waals surface area (Å²) in [4.78, 5) is 39.0. The number of ether oxygens (including phenoxy) is 3. The molecule has 1 saturated heterocycles. The maximum absolute atomic E-state index is 12.8. The van der Waals surface area contributed by atoms with Gasteiger partial charge in [-0.2, -0.15) is 0 Å². The molecule has 0 radical (unpaired) electrons. The third-order valence-electron chi connectivity index (χ3n) is 5.32. The highest BCUT2D eigenvalue weighted by atomic mass is 32.2. The summed E-state index contributed by atoms with van der Waals surface area (Å²) in [5.74, 6) is 1.02. The minimum absolute atomic E-state index is 0.0765. The maximum Gasteiger partial charge on any atom is 0.293 e. The average molecular weight is 485 g/mol. The van der Waals surface area contributed by atoms with Crippen LogP contribution in [0.15, 0.2) is 41.3 Å². The number of amides is 3. The number of nitrogens with one attached hydrogen (secondary N) is 1. The second-order valence-corrected chi connectivity index (χ2v) is 8.82. The van der Waals surface area contributed by atoms with Crippen LogP contribution in [-0.2, 0) is 4.79 Å². The van der Waals surface area contributed by atoms with Crippen molar-refractivity contribution in [1.29, 1.82) is 0 Å². The first-order valence-corrected chi connectivity index (χ1v) is 11.5. The molecule has 1 aliphatic heterocycles. The van der Waals surface area contributed by atoms with E-state index in [1.165, 1.54) is 21.3 Å². The number of thioether (sulfide) groups is 1. The summed E-state index contributed by atoms with van der Waals surface area (Å²) in [5.41, 5.74) is 2.30. The molecule has 0 aromatic heterocycles. The molecular weight excluding hydrogens is 456 g/mol. The minimum Gasteiger partial charge on any atom is -0.493 e. The van der Waals surface area contributed by atoms with Crippen molar-refractivity contribution in [1.82, 2.24) is 10.2 Å². The molecule has 1 heterocycles. The molecule has 3 rings (SSSR count). The summed E-state index contributed by atoms with van der Waals surface area (Å²) in [5, 5.41) is 2.37. The predicted octanol–water partition coefficient (Wildman–Crippen LogP) is 4.30. The van der Waals surface area contributed by atoms with E-state index < -0.39 is 5.91 Å². The van der Waals surface area contributed by atoms with Crippen molar-refractivity contribution in [3.8, 4) is 17.2 Å². The van der Waals surface area contributed by atoms with Crippen molar-refractivity contribution < 1.29 is 28.6 Å². The highest BCUT2D eigenvalue weighted by Gasteiger charge is 2.34. The van der Waals surface area contributed by atoms with Crippen LogP contribution in [0.5, 0.6) is 17.2 Å². The van der Waals surface area contributed by atoms with Crippen LogP contribution in [0.2, 0.25) is 0 Å². The maximum atomic E-state index is 12.8. The normalized spacial score (nSPS) is 14.6. The summed E-state index contributed by atoms with van der Waals surface area (Å²) in [6, 6.07) is 10.8. The summed E-state index contributed by atoms with van der Waals surface area (Å²) >= 11 is 0.846. The van der Waals surface area contributed by atoms with E-state index in [-0.39, 0.29) is 29.1 Å². The van der Waals surface area contributed by atoms with Gasteiger partial charge in [0.15, 0.2) is 11.5 Å². The lowest BCUT2D eigenvalue weighted by molar-refractivity contribution is -0.122. The Bertz CT molecular complexity index is 1090. The Kier molecular flexibility index (Phi) is 8.22. The molecule has 2 aromatic carbocycles. The molecule has 9 heteroatoms. The van der Waals surface area contributed by atoms with Crippen LogP contribution < -0.4 is 19.5 Å². The number of hydrogen-bond donors (Lipinski definition) is 1. The Labute approximate surface area is 203 Å². The van der Waals surface area contributed by atoms with Crippen LogP contribution in [0.25, 0.3) is 6.08 Å². The van der Waals surface area contributed by atoms with E-state index in [9.17, 15) is 14.4 Å². The Morgan fingerprint density at radius 3 is 2.18 bits per heavy atom. The molecule has 0 aliphatic carbocycles. The fourth-order valence-corrected chi connectivity index (χ4v) is 4.30. The van der Waals surface area contributed by atoms with Gasteiger partial charge >= 0.3 is 0 Å². The fourth-order valence-electron chi connectivity index (χ4n) is 3.43. The number of benzene rings is 2. The van der Waals surface area contributed by atoms with Crippen LogP contribution in [0, 0.1) is 0 Å². The fraction of sp³-hybridized carbons (Fsp3) is 0.320. The van der Waals surface area contributed by atoms with E-state index in [0.717, 1.165) is 22.2 Å². The highest BCUT2D eigenvalue weighted by molar-refractivity contribution is 8.18. The average Bonchev–Trinajstić information content (AvgIpc) is 3.10. The van der Waals surface area contributed by atoms with Gasteiger partial charge in [-0.3, -0.25) is 19.3 Å². The van der Waals surface area contributed by atoms with E-state index in [1.54, 1.807) is 30.3 Å². The first kappa shape index (κ1) is 25.2. The second kappa shape index (κ2) is 11.1. The zero-order valence-electron chi connectivity index (χ0n) is 19.8. The van der Waals surface area contributed by atoms with Gasteiger partial charge in [-0.1, -0.05) is 26.0 Å². The van der Waals surface area contributed by atoms with Crippen LogP contribution >= 0.6 is 11.8 Å². The Morgan fingerprint density at radius 1 is 1.03 bits per heavy atom. The van der Waals surface area contributed by atoms with Crippen molar-refractivity contribution in [3.05, 3.63) is 58.0 Å². The molecule has 3 amide bonds. The van der Waals surface area contributed by atoms with Crippen molar-refractivity contribution >= 4 is 34.9 Å². The minimum atomic E-state index is -0.417. The van der Waals surface area contributed by atoms with Crippen LogP contribution in [0.1, 0.15) is 41.3 Å². The van der Waals surface area contributed by atoms with Crippen molar-refractivity contribution in [2.75, 3.05) is 34.4 Å². The van der Waals surface area contributed by atoms with Gasteiger partial charge in [-0.25, -0.2) is 0 Å². The van der Waals surface area contributed by atoms with Gasteiger partial charge in [-0.05, 0) is 59.1 Å². The Balaban J connectivity index is 1.65. The van der Waals surface area contributed by atoms with Crippen molar-refractivity contribution in [3.63, 3.8) is 0 Å². The lowest BCUT2D eigenvalue weighted by Crippen LogP contribution is -2.37. The van der Waals surface area contributed by atoms with Crippen LogP contribution in [0.4, 0.5) is 4.79 Å². The molecule has 0 atom stereocenters. The van der Waals surface area contributed by atoms with Crippen molar-refractivity contribution in [2.45, 2.75) is 19.8 Å². The van der Waals surface area contributed by atoms with E-state index in [1.807, 2.05) is 12.1 Å². The third-order valence-corrected chi connectivity index (χ3v) is 6.23. The molecule has 0 spiro atoms. The monoisotopic (exact) mass is 484 g/mol. The number of imide groups is 1. The molecule has 0 saturated carbocycles. The van der Waals surface area contributed by atoms with E-state index in [2.05, 4.69) is 19.2 Å². The first-order chi connectivity index (χ1) is 16.3. The molecule has 1 aliphatic rings. The highest BCUT2D eigenvalue weighted by Crippen LogP contribution is 2.40. The number of nitrogens with zero attached hydrogens (tertiary/aromatic N) is 1. The Morgan fingerprint density at radius 2 is 1.65 bits per heavy atom. The second-order valence-electron chi connectivity index (χ2n) is 7.82. The molecule has 34 heavy (non-hydrogen) atoms. The largest absolute Gasteiger partial charge is 0.493 e. The van der Waals surface area contributed by atoms with Gasteiger partial charge in [0.1, 0.15) is 0 Å². The standard InChI is InChI=1S/C25H28N2O6S/c1-15(2)17-6-8-18(9-7-17)23(28)26-10-11-27-24(29)21(34-25(27)30)14-16-12-19(31-3)22(33-5)20(13-16)32-4/h6-9,12-15H,10-11H2,1-5H3,(H,26,28)/b21-14-. The van der Waals surface area contributed by atoms with Crippen LogP contribution in [0.3, 0.4) is 0 Å². The number of rotatable bonds is 9. The summed E-state index contributed by atoms with van der Waals surface area (Å²) < 4.78 is 16.0. The smallest absolute Gasteiger partial charge is 0.293 e. The van der Waals surface area contributed by atoms with Gasteiger partial charge in [0.25, 0.3) is 17.1 Å². The SMILES string of the molecule is COc1cc(/C=C2\SC(=O)N(CCNC(=O)c3ccc(C(C)C)cc3)C2=O)cc(OC)c1OC.